The van der Waals surface area contributed by atoms with Crippen LogP contribution in [0, 0.1) is 13.8 Å². The Balaban J connectivity index is 1.94. The minimum Gasteiger partial charge on any atom is -0.463 e. The molecule has 2 rings (SSSR count). The number of amides is 2. The normalized spacial score (nSPS) is 10.6. The zero-order chi connectivity index (χ0) is 15.2. The number of anilines is 1. The highest BCUT2D eigenvalue weighted by Gasteiger charge is 2.14. The van der Waals surface area contributed by atoms with Gasteiger partial charge in [0.25, 0.3) is 0 Å². The Kier molecular flexibility index (Phi) is 4.50. The second-order valence-electron chi connectivity index (χ2n) is 4.42. The van der Waals surface area contributed by atoms with Crippen molar-refractivity contribution in [2.45, 2.75) is 13.8 Å². The van der Waals surface area contributed by atoms with Crippen LogP contribution in [-0.4, -0.2) is 18.0 Å². The molecule has 6 nitrogen and oxygen atoms in total. The van der Waals surface area contributed by atoms with Crippen LogP contribution in [0.3, 0.4) is 0 Å². The van der Waals surface area contributed by atoms with Gasteiger partial charge in [-0.1, -0.05) is 12.1 Å². The molecule has 0 saturated heterocycles. The number of carbonyl (C=O) groups is 2. The molecular weight excluding hydrogens is 270 g/mol. The number of benzene rings is 1. The smallest absolute Gasteiger partial charge is 0.329 e. The van der Waals surface area contributed by atoms with Crippen molar-refractivity contribution in [3.63, 3.8) is 0 Å². The largest absolute Gasteiger partial charge is 0.463 e. The van der Waals surface area contributed by atoms with Gasteiger partial charge >= 0.3 is 11.8 Å². The van der Waals surface area contributed by atoms with Crippen LogP contribution in [0.2, 0.25) is 0 Å². The van der Waals surface area contributed by atoms with E-state index in [0.717, 1.165) is 11.1 Å². The summed E-state index contributed by atoms with van der Waals surface area (Å²) in [4.78, 5) is 23.4. The van der Waals surface area contributed by atoms with Crippen molar-refractivity contribution in [3.05, 3.63) is 53.5 Å². The highest BCUT2D eigenvalue weighted by atomic mass is 16.3. The summed E-state index contributed by atoms with van der Waals surface area (Å²) in [5, 5.41) is 6.18. The third kappa shape index (κ3) is 3.79. The van der Waals surface area contributed by atoms with E-state index in [4.69, 9.17) is 4.42 Å². The fourth-order valence-corrected chi connectivity index (χ4v) is 1.64. The predicted octanol–water partition coefficient (Wildman–Crippen LogP) is 1.99. The summed E-state index contributed by atoms with van der Waals surface area (Å²) in [6.07, 6.45) is 2.79. The second kappa shape index (κ2) is 6.51. The van der Waals surface area contributed by atoms with Crippen LogP contribution in [0.4, 0.5) is 5.69 Å². The van der Waals surface area contributed by atoms with Gasteiger partial charge in [0.15, 0.2) is 0 Å². The maximum Gasteiger partial charge on any atom is 0.329 e. The number of rotatable bonds is 3. The number of hydrogen-bond donors (Lipinski definition) is 2. The molecule has 6 heteroatoms. The quantitative estimate of drug-likeness (QED) is 0.514. The van der Waals surface area contributed by atoms with E-state index in [9.17, 15) is 9.59 Å². The van der Waals surface area contributed by atoms with E-state index < -0.39 is 11.8 Å². The molecule has 0 unspecified atom stereocenters. The molecule has 2 aromatic rings. The molecule has 0 aliphatic heterocycles. The van der Waals surface area contributed by atoms with E-state index in [1.165, 1.54) is 12.5 Å². The van der Waals surface area contributed by atoms with Gasteiger partial charge in [-0.15, -0.1) is 0 Å². The lowest BCUT2D eigenvalue weighted by molar-refractivity contribution is -0.136. The molecular formula is C15H15N3O3. The summed E-state index contributed by atoms with van der Waals surface area (Å²) in [6.45, 7) is 3.80. The van der Waals surface area contributed by atoms with Crippen LogP contribution < -0.4 is 10.7 Å². The molecule has 0 saturated carbocycles. The van der Waals surface area contributed by atoms with Gasteiger partial charge in [-0.3, -0.25) is 9.59 Å². The summed E-state index contributed by atoms with van der Waals surface area (Å²) in [5.41, 5.74) is 4.68. The Hall–Kier alpha value is -2.89. The molecule has 2 amide bonds. The van der Waals surface area contributed by atoms with Gasteiger partial charge in [-0.05, 0) is 43.2 Å². The van der Waals surface area contributed by atoms with Crippen LogP contribution in [0.25, 0.3) is 0 Å². The zero-order valence-electron chi connectivity index (χ0n) is 11.7. The van der Waals surface area contributed by atoms with Crippen molar-refractivity contribution in [2.24, 2.45) is 5.10 Å². The Morgan fingerprint density at radius 2 is 1.95 bits per heavy atom. The molecule has 0 spiro atoms. The van der Waals surface area contributed by atoms with Crippen molar-refractivity contribution >= 4 is 23.7 Å². The molecule has 0 aliphatic rings. The third-order valence-corrected chi connectivity index (χ3v) is 2.96. The molecule has 2 N–H and O–H groups in total. The zero-order valence-corrected chi connectivity index (χ0v) is 11.7. The Labute approximate surface area is 121 Å². The average molecular weight is 285 g/mol. The Morgan fingerprint density at radius 1 is 1.14 bits per heavy atom. The lowest BCUT2D eigenvalue weighted by Crippen LogP contribution is -2.32. The van der Waals surface area contributed by atoms with Crippen molar-refractivity contribution in [3.8, 4) is 0 Å². The Morgan fingerprint density at radius 3 is 2.67 bits per heavy atom. The number of furan rings is 1. The highest BCUT2D eigenvalue weighted by molar-refractivity contribution is 6.39. The Bertz CT molecular complexity index is 675. The van der Waals surface area contributed by atoms with Crippen LogP contribution in [0.5, 0.6) is 0 Å². The first-order valence-corrected chi connectivity index (χ1v) is 6.32. The van der Waals surface area contributed by atoms with Crippen LogP contribution in [-0.2, 0) is 9.59 Å². The molecule has 1 aromatic carbocycles. The van der Waals surface area contributed by atoms with Gasteiger partial charge in [0.1, 0.15) is 5.76 Å². The second-order valence-corrected chi connectivity index (χ2v) is 4.42. The minimum absolute atomic E-state index is 0.477. The maximum atomic E-state index is 11.7. The summed E-state index contributed by atoms with van der Waals surface area (Å²) in [5.74, 6) is -1.15. The summed E-state index contributed by atoms with van der Waals surface area (Å²) < 4.78 is 5.00. The van der Waals surface area contributed by atoms with Gasteiger partial charge in [-0.25, -0.2) is 5.43 Å². The first-order valence-electron chi connectivity index (χ1n) is 6.32. The maximum absolute atomic E-state index is 11.7. The van der Waals surface area contributed by atoms with Gasteiger partial charge in [0.2, 0.25) is 0 Å². The van der Waals surface area contributed by atoms with Crippen molar-refractivity contribution in [2.75, 3.05) is 5.32 Å². The number of hydrogen-bond acceptors (Lipinski definition) is 4. The van der Waals surface area contributed by atoms with Gasteiger partial charge in [0.05, 0.1) is 12.5 Å². The third-order valence-electron chi connectivity index (χ3n) is 2.96. The van der Waals surface area contributed by atoms with Crippen molar-refractivity contribution in [1.82, 2.24) is 5.43 Å². The van der Waals surface area contributed by atoms with E-state index >= 15 is 0 Å². The summed E-state index contributed by atoms with van der Waals surface area (Å²) >= 11 is 0. The molecule has 1 heterocycles. The minimum atomic E-state index is -0.848. The standard InChI is InChI=1S/C15H15N3O3/c1-10-5-3-7-13(11(10)2)17-14(19)15(20)18-16-9-12-6-4-8-21-12/h3-9H,1-2H3,(H,17,19)(H,18,20). The molecule has 0 bridgehead atoms. The van der Waals surface area contributed by atoms with E-state index in [2.05, 4.69) is 15.8 Å². The first-order chi connectivity index (χ1) is 10.1. The number of nitrogens with zero attached hydrogens (tertiary/aromatic N) is 1. The molecule has 0 fully saturated rings. The van der Waals surface area contributed by atoms with Crippen LogP contribution >= 0.6 is 0 Å². The van der Waals surface area contributed by atoms with Crippen molar-refractivity contribution < 1.29 is 14.0 Å². The first kappa shape index (κ1) is 14.5. The SMILES string of the molecule is Cc1cccc(NC(=O)C(=O)NN=Cc2ccco2)c1C. The van der Waals surface area contributed by atoms with E-state index in [-0.39, 0.29) is 0 Å². The summed E-state index contributed by atoms with van der Waals surface area (Å²) in [7, 11) is 0. The molecule has 0 radical (unpaired) electrons. The topological polar surface area (TPSA) is 83.7 Å². The van der Waals surface area contributed by atoms with E-state index in [1.54, 1.807) is 18.2 Å². The van der Waals surface area contributed by atoms with Gasteiger partial charge < -0.3 is 9.73 Å². The fraction of sp³-hybridized carbons (Fsp3) is 0.133. The predicted molar refractivity (Wildman–Crippen MR) is 79.0 cm³/mol. The van der Waals surface area contributed by atoms with Crippen LogP contribution in [0.1, 0.15) is 16.9 Å². The van der Waals surface area contributed by atoms with E-state index in [0.29, 0.717) is 11.4 Å². The molecule has 21 heavy (non-hydrogen) atoms. The lowest BCUT2D eigenvalue weighted by atomic mass is 10.1. The van der Waals surface area contributed by atoms with Gasteiger partial charge in [-0.2, -0.15) is 5.10 Å². The highest BCUT2D eigenvalue weighted by Crippen LogP contribution is 2.17. The number of aryl methyl sites for hydroxylation is 1. The van der Waals surface area contributed by atoms with Crippen molar-refractivity contribution in [1.29, 1.82) is 0 Å². The average Bonchev–Trinajstić information content (AvgIpc) is 2.97. The molecule has 0 atom stereocenters. The monoisotopic (exact) mass is 285 g/mol. The lowest BCUT2D eigenvalue weighted by Gasteiger charge is -2.09. The fourth-order valence-electron chi connectivity index (χ4n) is 1.64. The molecule has 1 aromatic heterocycles. The van der Waals surface area contributed by atoms with E-state index in [1.807, 2.05) is 26.0 Å². The molecule has 108 valence electrons. The molecule has 0 aliphatic carbocycles. The van der Waals surface area contributed by atoms with Gasteiger partial charge in [0, 0.05) is 5.69 Å². The number of nitrogens with one attached hydrogen (secondary N) is 2. The number of carbonyl (C=O) groups excluding carboxylic acids is 2. The number of hydrazone groups is 1. The van der Waals surface area contributed by atoms with Crippen LogP contribution in [0.15, 0.2) is 46.1 Å². The summed E-state index contributed by atoms with van der Waals surface area (Å²) in [6, 6.07) is 8.84.